The minimum Gasteiger partial charge on any atom is -0.356 e. The van der Waals surface area contributed by atoms with Gasteiger partial charge >= 0.3 is 0 Å². The predicted octanol–water partition coefficient (Wildman–Crippen LogP) is 0.515. The summed E-state index contributed by atoms with van der Waals surface area (Å²) in [6.07, 6.45) is 2.77. The summed E-state index contributed by atoms with van der Waals surface area (Å²) in [5.41, 5.74) is 1.12. The van der Waals surface area contributed by atoms with E-state index in [0.29, 0.717) is 0 Å². The number of hydrogen-bond acceptors (Lipinski definition) is 4. The molecule has 2 heterocycles. The SMILES string of the molecule is CN1CCN=C1NCCc1ccccn1. The van der Waals surface area contributed by atoms with Gasteiger partial charge in [0.25, 0.3) is 0 Å². The van der Waals surface area contributed by atoms with Crippen LogP contribution in [0.25, 0.3) is 0 Å². The van der Waals surface area contributed by atoms with Crippen LogP contribution >= 0.6 is 0 Å². The summed E-state index contributed by atoms with van der Waals surface area (Å²) in [6, 6.07) is 6.00. The van der Waals surface area contributed by atoms with Crippen LogP contribution in [0.5, 0.6) is 0 Å². The summed E-state index contributed by atoms with van der Waals surface area (Å²) in [4.78, 5) is 10.8. The number of aliphatic imine (C=N–C) groups is 1. The third kappa shape index (κ3) is 2.68. The van der Waals surface area contributed by atoms with Crippen molar-refractivity contribution in [3.05, 3.63) is 30.1 Å². The summed E-state index contributed by atoms with van der Waals surface area (Å²) in [7, 11) is 2.06. The van der Waals surface area contributed by atoms with Gasteiger partial charge in [0.15, 0.2) is 5.96 Å². The number of hydrogen-bond donors (Lipinski definition) is 1. The molecule has 1 aliphatic heterocycles. The maximum Gasteiger partial charge on any atom is 0.193 e. The van der Waals surface area contributed by atoms with E-state index in [-0.39, 0.29) is 0 Å². The van der Waals surface area contributed by atoms with E-state index >= 15 is 0 Å². The molecule has 4 nitrogen and oxygen atoms in total. The van der Waals surface area contributed by atoms with Crippen LogP contribution in [0.15, 0.2) is 29.4 Å². The van der Waals surface area contributed by atoms with Crippen molar-refractivity contribution in [2.45, 2.75) is 6.42 Å². The Kier molecular flexibility index (Phi) is 3.17. The quantitative estimate of drug-likeness (QED) is 0.780. The van der Waals surface area contributed by atoms with Crippen LogP contribution in [-0.2, 0) is 6.42 Å². The van der Waals surface area contributed by atoms with E-state index in [0.717, 1.165) is 37.7 Å². The maximum absolute atomic E-state index is 4.36. The zero-order valence-corrected chi connectivity index (χ0v) is 8.98. The lowest BCUT2D eigenvalue weighted by atomic mass is 10.3. The van der Waals surface area contributed by atoms with Crippen molar-refractivity contribution >= 4 is 5.96 Å². The molecule has 0 fully saturated rings. The van der Waals surface area contributed by atoms with Crippen molar-refractivity contribution in [2.75, 3.05) is 26.7 Å². The Morgan fingerprint density at radius 2 is 2.40 bits per heavy atom. The van der Waals surface area contributed by atoms with Gasteiger partial charge < -0.3 is 10.2 Å². The van der Waals surface area contributed by atoms with Crippen LogP contribution in [-0.4, -0.2) is 42.5 Å². The van der Waals surface area contributed by atoms with Gasteiger partial charge in [-0.05, 0) is 12.1 Å². The summed E-state index contributed by atoms with van der Waals surface area (Å²) >= 11 is 0. The van der Waals surface area contributed by atoms with E-state index in [9.17, 15) is 0 Å². The highest BCUT2D eigenvalue weighted by atomic mass is 15.3. The average molecular weight is 204 g/mol. The van der Waals surface area contributed by atoms with Crippen molar-refractivity contribution in [2.24, 2.45) is 4.99 Å². The molecule has 0 saturated carbocycles. The van der Waals surface area contributed by atoms with Crippen molar-refractivity contribution < 1.29 is 0 Å². The highest BCUT2D eigenvalue weighted by Gasteiger charge is 2.10. The fourth-order valence-corrected chi connectivity index (χ4v) is 1.57. The summed E-state index contributed by atoms with van der Waals surface area (Å²) < 4.78 is 0. The lowest BCUT2D eigenvalue weighted by Gasteiger charge is -2.14. The second-order valence-electron chi connectivity index (χ2n) is 3.62. The van der Waals surface area contributed by atoms with E-state index in [4.69, 9.17) is 0 Å². The predicted molar refractivity (Wildman–Crippen MR) is 60.9 cm³/mol. The van der Waals surface area contributed by atoms with Gasteiger partial charge in [0.1, 0.15) is 0 Å². The molecule has 1 N–H and O–H groups in total. The highest BCUT2D eigenvalue weighted by Crippen LogP contribution is 1.96. The van der Waals surface area contributed by atoms with Gasteiger partial charge in [-0.3, -0.25) is 9.98 Å². The molecular weight excluding hydrogens is 188 g/mol. The molecule has 0 aliphatic carbocycles. The minimum atomic E-state index is 0.889. The lowest BCUT2D eigenvalue weighted by Crippen LogP contribution is -2.36. The smallest absolute Gasteiger partial charge is 0.193 e. The van der Waals surface area contributed by atoms with Crippen LogP contribution in [0.3, 0.4) is 0 Å². The van der Waals surface area contributed by atoms with Crippen LogP contribution in [0.4, 0.5) is 0 Å². The van der Waals surface area contributed by atoms with Gasteiger partial charge in [0.05, 0.1) is 6.54 Å². The Hall–Kier alpha value is -1.58. The zero-order valence-electron chi connectivity index (χ0n) is 8.98. The largest absolute Gasteiger partial charge is 0.356 e. The van der Waals surface area contributed by atoms with Crippen molar-refractivity contribution in [3.63, 3.8) is 0 Å². The van der Waals surface area contributed by atoms with Crippen LogP contribution in [0, 0.1) is 0 Å². The van der Waals surface area contributed by atoms with Crippen LogP contribution in [0.2, 0.25) is 0 Å². The van der Waals surface area contributed by atoms with Gasteiger partial charge in [-0.2, -0.15) is 0 Å². The Bertz CT molecular complexity index is 334. The normalized spacial score (nSPS) is 15.3. The lowest BCUT2D eigenvalue weighted by molar-refractivity contribution is 0.534. The molecule has 0 aromatic carbocycles. The third-order valence-corrected chi connectivity index (χ3v) is 2.45. The summed E-state index contributed by atoms with van der Waals surface area (Å²) in [6.45, 7) is 2.81. The molecule has 1 aromatic heterocycles. The number of likely N-dealkylation sites (N-methyl/N-ethyl adjacent to an activating group) is 1. The molecule has 80 valence electrons. The van der Waals surface area contributed by atoms with E-state index in [2.05, 4.69) is 27.2 Å². The van der Waals surface area contributed by atoms with Gasteiger partial charge in [0, 0.05) is 38.4 Å². The number of pyridine rings is 1. The minimum absolute atomic E-state index is 0.889. The third-order valence-electron chi connectivity index (χ3n) is 2.45. The Morgan fingerprint density at radius 1 is 1.47 bits per heavy atom. The molecule has 0 spiro atoms. The maximum atomic E-state index is 4.36. The van der Waals surface area contributed by atoms with E-state index in [1.54, 1.807) is 0 Å². The number of aromatic nitrogens is 1. The van der Waals surface area contributed by atoms with E-state index < -0.39 is 0 Å². The second kappa shape index (κ2) is 4.77. The molecule has 0 amide bonds. The summed E-state index contributed by atoms with van der Waals surface area (Å²) in [5.74, 6) is 1.01. The number of nitrogens with zero attached hydrogens (tertiary/aromatic N) is 3. The molecule has 15 heavy (non-hydrogen) atoms. The van der Waals surface area contributed by atoms with Crippen LogP contribution in [0.1, 0.15) is 5.69 Å². The molecule has 0 radical (unpaired) electrons. The van der Waals surface area contributed by atoms with Gasteiger partial charge in [-0.15, -0.1) is 0 Å². The van der Waals surface area contributed by atoms with E-state index in [1.165, 1.54) is 0 Å². The second-order valence-corrected chi connectivity index (χ2v) is 3.62. The van der Waals surface area contributed by atoms with Crippen molar-refractivity contribution in [3.8, 4) is 0 Å². The first-order valence-corrected chi connectivity index (χ1v) is 5.25. The van der Waals surface area contributed by atoms with Crippen LogP contribution < -0.4 is 5.32 Å². The molecule has 1 aliphatic rings. The molecule has 0 atom stereocenters. The number of guanidine groups is 1. The number of nitrogens with one attached hydrogen (secondary N) is 1. The Balaban J connectivity index is 1.76. The van der Waals surface area contributed by atoms with E-state index in [1.807, 2.05) is 24.4 Å². The first kappa shape index (κ1) is 9.96. The molecule has 0 bridgehead atoms. The molecule has 0 unspecified atom stereocenters. The molecule has 2 rings (SSSR count). The number of rotatable bonds is 3. The average Bonchev–Trinajstić information content (AvgIpc) is 2.66. The molecule has 0 saturated heterocycles. The topological polar surface area (TPSA) is 40.5 Å². The summed E-state index contributed by atoms with van der Waals surface area (Å²) in [5, 5.41) is 3.32. The standard InChI is InChI=1S/C11H16N4/c1-15-9-8-14-11(15)13-7-5-10-4-2-3-6-12-10/h2-4,6H,5,7-9H2,1H3,(H,13,14). The Labute approximate surface area is 90.0 Å². The molecular formula is C11H16N4. The fraction of sp³-hybridized carbons (Fsp3) is 0.455. The van der Waals surface area contributed by atoms with Crippen molar-refractivity contribution in [1.82, 2.24) is 15.2 Å². The van der Waals surface area contributed by atoms with Gasteiger partial charge in [-0.1, -0.05) is 6.07 Å². The van der Waals surface area contributed by atoms with Gasteiger partial charge in [0.2, 0.25) is 0 Å². The van der Waals surface area contributed by atoms with Crippen molar-refractivity contribution in [1.29, 1.82) is 0 Å². The molecule has 1 aromatic rings. The fourth-order valence-electron chi connectivity index (χ4n) is 1.57. The first-order chi connectivity index (χ1) is 7.36. The first-order valence-electron chi connectivity index (χ1n) is 5.25. The molecule has 4 heteroatoms. The zero-order chi connectivity index (χ0) is 10.5. The monoisotopic (exact) mass is 204 g/mol. The van der Waals surface area contributed by atoms with Gasteiger partial charge in [-0.25, -0.2) is 0 Å². The Morgan fingerprint density at radius 3 is 3.07 bits per heavy atom. The highest BCUT2D eigenvalue weighted by molar-refractivity contribution is 5.81.